The SMILES string of the molecule is CC(C)N(c1ccc([C@@H](C)O)cn1)C(C)C. The van der Waals surface area contributed by atoms with Crippen molar-refractivity contribution in [3.05, 3.63) is 23.9 Å². The Morgan fingerprint density at radius 1 is 1.06 bits per heavy atom. The van der Waals surface area contributed by atoms with Crippen LogP contribution in [0.5, 0.6) is 0 Å². The van der Waals surface area contributed by atoms with Crippen LogP contribution in [0, 0.1) is 0 Å². The molecule has 1 aromatic rings. The van der Waals surface area contributed by atoms with E-state index in [1.54, 1.807) is 13.1 Å². The summed E-state index contributed by atoms with van der Waals surface area (Å²) in [5.74, 6) is 0.967. The van der Waals surface area contributed by atoms with Gasteiger partial charge in [-0.05, 0) is 46.2 Å². The molecule has 90 valence electrons. The van der Waals surface area contributed by atoms with Gasteiger partial charge in [0.1, 0.15) is 5.82 Å². The summed E-state index contributed by atoms with van der Waals surface area (Å²) in [6.45, 7) is 10.4. The zero-order chi connectivity index (χ0) is 12.3. The van der Waals surface area contributed by atoms with Gasteiger partial charge in [-0.15, -0.1) is 0 Å². The Balaban J connectivity index is 2.94. The maximum absolute atomic E-state index is 9.42. The van der Waals surface area contributed by atoms with Crippen molar-refractivity contribution < 1.29 is 5.11 Å². The van der Waals surface area contributed by atoms with E-state index in [1.807, 2.05) is 12.1 Å². The molecule has 0 fully saturated rings. The van der Waals surface area contributed by atoms with E-state index in [9.17, 15) is 5.11 Å². The molecular weight excluding hydrogens is 200 g/mol. The fourth-order valence-corrected chi connectivity index (χ4v) is 1.92. The van der Waals surface area contributed by atoms with Gasteiger partial charge in [0, 0.05) is 18.3 Å². The molecule has 0 aliphatic carbocycles. The molecule has 1 heterocycles. The predicted molar refractivity (Wildman–Crippen MR) is 67.6 cm³/mol. The Morgan fingerprint density at radius 3 is 1.94 bits per heavy atom. The summed E-state index contributed by atoms with van der Waals surface area (Å²) in [4.78, 5) is 6.66. The fraction of sp³-hybridized carbons (Fsp3) is 0.615. The second kappa shape index (κ2) is 5.30. The van der Waals surface area contributed by atoms with Crippen molar-refractivity contribution in [1.29, 1.82) is 0 Å². The van der Waals surface area contributed by atoms with Gasteiger partial charge in [0.15, 0.2) is 0 Å². The average molecular weight is 222 g/mol. The van der Waals surface area contributed by atoms with Crippen LogP contribution in [0.15, 0.2) is 18.3 Å². The average Bonchev–Trinajstić information content (AvgIpc) is 2.17. The monoisotopic (exact) mass is 222 g/mol. The Labute approximate surface area is 98.1 Å². The molecule has 1 rings (SSSR count). The molecule has 0 amide bonds. The van der Waals surface area contributed by atoms with Gasteiger partial charge in [0.25, 0.3) is 0 Å². The summed E-state index contributed by atoms with van der Waals surface area (Å²) >= 11 is 0. The molecule has 0 saturated carbocycles. The summed E-state index contributed by atoms with van der Waals surface area (Å²) in [7, 11) is 0. The molecule has 0 spiro atoms. The summed E-state index contributed by atoms with van der Waals surface area (Å²) in [5.41, 5.74) is 0.858. The van der Waals surface area contributed by atoms with Gasteiger partial charge < -0.3 is 10.0 Å². The van der Waals surface area contributed by atoms with Crippen molar-refractivity contribution >= 4 is 5.82 Å². The first-order valence-corrected chi connectivity index (χ1v) is 5.85. The second-order valence-corrected chi connectivity index (χ2v) is 4.72. The zero-order valence-electron chi connectivity index (χ0n) is 10.8. The van der Waals surface area contributed by atoms with E-state index in [4.69, 9.17) is 0 Å². The molecule has 1 N–H and O–H groups in total. The minimum absolute atomic E-state index is 0.421. The molecule has 0 radical (unpaired) electrons. The molecule has 0 saturated heterocycles. The Hall–Kier alpha value is -1.09. The number of aromatic nitrogens is 1. The van der Waals surface area contributed by atoms with Gasteiger partial charge in [-0.2, -0.15) is 0 Å². The molecule has 0 aliphatic rings. The minimum atomic E-state index is -0.451. The van der Waals surface area contributed by atoms with Gasteiger partial charge in [-0.3, -0.25) is 0 Å². The lowest BCUT2D eigenvalue weighted by Crippen LogP contribution is -2.37. The Kier molecular flexibility index (Phi) is 4.30. The lowest BCUT2D eigenvalue weighted by atomic mass is 10.1. The lowest BCUT2D eigenvalue weighted by Gasteiger charge is -2.32. The van der Waals surface area contributed by atoms with Gasteiger partial charge >= 0.3 is 0 Å². The highest BCUT2D eigenvalue weighted by Gasteiger charge is 2.15. The van der Waals surface area contributed by atoms with Crippen molar-refractivity contribution in [1.82, 2.24) is 4.98 Å². The maximum Gasteiger partial charge on any atom is 0.128 e. The standard InChI is InChI=1S/C13H22N2O/c1-9(2)15(10(3)4)13-7-6-12(8-14-13)11(5)16/h6-11,16H,1-5H3/t11-/m1/s1. The quantitative estimate of drug-likeness (QED) is 0.851. The summed E-state index contributed by atoms with van der Waals surface area (Å²) in [5, 5.41) is 9.42. The third-order valence-electron chi connectivity index (χ3n) is 2.63. The van der Waals surface area contributed by atoms with Crippen LogP contribution in [0.25, 0.3) is 0 Å². The number of nitrogens with zero attached hydrogens (tertiary/aromatic N) is 2. The maximum atomic E-state index is 9.42. The van der Waals surface area contributed by atoms with Gasteiger partial charge in [-0.1, -0.05) is 6.07 Å². The Bertz CT molecular complexity index is 309. The van der Waals surface area contributed by atoms with Crippen LogP contribution in [-0.4, -0.2) is 22.2 Å². The van der Waals surface area contributed by atoms with E-state index in [0.717, 1.165) is 11.4 Å². The van der Waals surface area contributed by atoms with Crippen LogP contribution in [-0.2, 0) is 0 Å². The Morgan fingerprint density at radius 2 is 1.62 bits per heavy atom. The van der Waals surface area contributed by atoms with E-state index in [0.29, 0.717) is 12.1 Å². The topological polar surface area (TPSA) is 36.4 Å². The molecule has 3 nitrogen and oxygen atoms in total. The number of pyridine rings is 1. The minimum Gasteiger partial charge on any atom is -0.389 e. The van der Waals surface area contributed by atoms with Crippen LogP contribution in [0.1, 0.15) is 46.3 Å². The first-order valence-electron chi connectivity index (χ1n) is 5.85. The van der Waals surface area contributed by atoms with Crippen molar-refractivity contribution in [3.63, 3.8) is 0 Å². The first kappa shape index (κ1) is 13.0. The summed E-state index contributed by atoms with van der Waals surface area (Å²) in [6, 6.07) is 4.75. The highest BCUT2D eigenvalue weighted by Crippen LogP contribution is 2.19. The molecule has 1 aromatic heterocycles. The summed E-state index contributed by atoms with van der Waals surface area (Å²) in [6.07, 6.45) is 1.30. The molecule has 0 bridgehead atoms. The van der Waals surface area contributed by atoms with E-state index in [2.05, 4.69) is 37.6 Å². The van der Waals surface area contributed by atoms with Gasteiger partial charge in [-0.25, -0.2) is 4.98 Å². The number of hydrogen-bond acceptors (Lipinski definition) is 3. The number of anilines is 1. The smallest absolute Gasteiger partial charge is 0.128 e. The van der Waals surface area contributed by atoms with Crippen LogP contribution in [0.3, 0.4) is 0 Å². The highest BCUT2D eigenvalue weighted by atomic mass is 16.3. The molecule has 1 atom stereocenters. The second-order valence-electron chi connectivity index (χ2n) is 4.72. The predicted octanol–water partition coefficient (Wildman–Crippen LogP) is 2.76. The van der Waals surface area contributed by atoms with Crippen molar-refractivity contribution in [2.24, 2.45) is 0 Å². The molecule has 0 aliphatic heterocycles. The van der Waals surface area contributed by atoms with Crippen LogP contribution < -0.4 is 4.90 Å². The molecular formula is C13H22N2O. The van der Waals surface area contributed by atoms with Crippen molar-refractivity contribution in [2.75, 3.05) is 4.90 Å². The van der Waals surface area contributed by atoms with Gasteiger partial charge in [0.2, 0.25) is 0 Å². The normalized spacial score (nSPS) is 13.2. The van der Waals surface area contributed by atoms with Crippen LogP contribution in [0.4, 0.5) is 5.82 Å². The fourth-order valence-electron chi connectivity index (χ4n) is 1.92. The van der Waals surface area contributed by atoms with E-state index in [-0.39, 0.29) is 0 Å². The van der Waals surface area contributed by atoms with Crippen LogP contribution in [0.2, 0.25) is 0 Å². The number of aliphatic hydroxyl groups is 1. The van der Waals surface area contributed by atoms with Crippen molar-refractivity contribution in [2.45, 2.75) is 52.8 Å². The highest BCUT2D eigenvalue weighted by molar-refractivity contribution is 5.41. The third-order valence-corrected chi connectivity index (χ3v) is 2.63. The van der Waals surface area contributed by atoms with E-state index >= 15 is 0 Å². The van der Waals surface area contributed by atoms with Gasteiger partial charge in [0.05, 0.1) is 6.10 Å². The number of rotatable bonds is 4. The summed E-state index contributed by atoms with van der Waals surface area (Å²) < 4.78 is 0. The third kappa shape index (κ3) is 2.95. The first-order chi connectivity index (χ1) is 7.43. The molecule has 0 aromatic carbocycles. The molecule has 0 unspecified atom stereocenters. The molecule has 3 heteroatoms. The molecule has 16 heavy (non-hydrogen) atoms. The number of hydrogen-bond donors (Lipinski definition) is 1. The van der Waals surface area contributed by atoms with Crippen molar-refractivity contribution in [3.8, 4) is 0 Å². The largest absolute Gasteiger partial charge is 0.389 e. The number of aliphatic hydroxyl groups excluding tert-OH is 1. The van der Waals surface area contributed by atoms with Crippen LogP contribution >= 0.6 is 0 Å². The lowest BCUT2D eigenvalue weighted by molar-refractivity contribution is 0.199. The zero-order valence-corrected chi connectivity index (χ0v) is 10.8. The van der Waals surface area contributed by atoms with E-state index < -0.39 is 6.10 Å². The van der Waals surface area contributed by atoms with E-state index in [1.165, 1.54) is 0 Å².